The van der Waals surface area contributed by atoms with E-state index >= 15 is 0 Å². The standard InChI is InChI=1S/C14H18N4O/c1-16-12(4-2-5-14(16)19)10-17-9-6-13(11-17)18-8-3-7-15-18/h2-5,7-8,13H,6,9-11H2,1H3. The van der Waals surface area contributed by atoms with Gasteiger partial charge in [-0.1, -0.05) is 6.07 Å². The summed E-state index contributed by atoms with van der Waals surface area (Å²) in [6.45, 7) is 2.86. The zero-order valence-corrected chi connectivity index (χ0v) is 11.1. The Labute approximate surface area is 112 Å². The number of nitrogens with zero attached hydrogens (tertiary/aromatic N) is 4. The highest BCUT2D eigenvalue weighted by atomic mass is 16.1. The highest BCUT2D eigenvalue weighted by Gasteiger charge is 2.24. The molecule has 3 rings (SSSR count). The summed E-state index contributed by atoms with van der Waals surface area (Å²) >= 11 is 0. The van der Waals surface area contributed by atoms with Crippen molar-refractivity contribution in [3.8, 4) is 0 Å². The molecule has 1 aliphatic heterocycles. The number of hydrogen-bond acceptors (Lipinski definition) is 3. The minimum absolute atomic E-state index is 0.0559. The summed E-state index contributed by atoms with van der Waals surface area (Å²) in [4.78, 5) is 14.0. The molecule has 0 N–H and O–H groups in total. The van der Waals surface area contributed by atoms with Crippen LogP contribution in [0, 0.1) is 0 Å². The molecule has 1 saturated heterocycles. The van der Waals surface area contributed by atoms with Crippen molar-refractivity contribution in [3.05, 3.63) is 52.7 Å². The number of rotatable bonds is 3. The van der Waals surface area contributed by atoms with Crippen molar-refractivity contribution < 1.29 is 0 Å². The van der Waals surface area contributed by atoms with Gasteiger partial charge in [0.1, 0.15) is 0 Å². The van der Waals surface area contributed by atoms with Crippen LogP contribution in [0.4, 0.5) is 0 Å². The van der Waals surface area contributed by atoms with Gasteiger partial charge in [0.2, 0.25) is 5.56 Å². The second kappa shape index (κ2) is 5.01. The molecule has 0 bridgehead atoms. The summed E-state index contributed by atoms with van der Waals surface area (Å²) in [6.07, 6.45) is 4.96. The van der Waals surface area contributed by atoms with Crippen molar-refractivity contribution in [2.75, 3.05) is 13.1 Å². The van der Waals surface area contributed by atoms with E-state index in [0.29, 0.717) is 6.04 Å². The molecule has 0 amide bonds. The van der Waals surface area contributed by atoms with Crippen LogP contribution in [-0.2, 0) is 13.6 Å². The van der Waals surface area contributed by atoms with Gasteiger partial charge in [-0.25, -0.2) is 0 Å². The first kappa shape index (κ1) is 12.2. The van der Waals surface area contributed by atoms with Crippen LogP contribution in [0.5, 0.6) is 0 Å². The average molecular weight is 258 g/mol. The Hall–Kier alpha value is -1.88. The molecule has 0 radical (unpaired) electrons. The van der Waals surface area contributed by atoms with Gasteiger partial charge in [0.25, 0.3) is 0 Å². The van der Waals surface area contributed by atoms with Crippen LogP contribution in [0.15, 0.2) is 41.5 Å². The molecule has 3 heterocycles. The number of likely N-dealkylation sites (tertiary alicyclic amines) is 1. The molecule has 5 heteroatoms. The van der Waals surface area contributed by atoms with Gasteiger partial charge < -0.3 is 4.57 Å². The van der Waals surface area contributed by atoms with Crippen molar-refractivity contribution in [1.29, 1.82) is 0 Å². The SMILES string of the molecule is Cn1c(CN2CCC(n3cccn3)C2)cccc1=O. The van der Waals surface area contributed by atoms with Crippen LogP contribution in [0.1, 0.15) is 18.2 Å². The van der Waals surface area contributed by atoms with E-state index in [9.17, 15) is 4.79 Å². The summed E-state index contributed by atoms with van der Waals surface area (Å²) in [6, 6.07) is 7.86. The van der Waals surface area contributed by atoms with Gasteiger partial charge >= 0.3 is 0 Å². The normalized spacial score (nSPS) is 19.9. The van der Waals surface area contributed by atoms with Gasteiger partial charge in [-0.15, -0.1) is 0 Å². The number of aromatic nitrogens is 3. The van der Waals surface area contributed by atoms with E-state index in [-0.39, 0.29) is 5.56 Å². The van der Waals surface area contributed by atoms with E-state index < -0.39 is 0 Å². The van der Waals surface area contributed by atoms with Gasteiger partial charge in [0.05, 0.1) is 6.04 Å². The van der Waals surface area contributed by atoms with E-state index in [0.717, 1.165) is 31.7 Å². The van der Waals surface area contributed by atoms with Crippen molar-refractivity contribution >= 4 is 0 Å². The molecule has 1 aliphatic rings. The summed E-state index contributed by atoms with van der Waals surface area (Å²) in [7, 11) is 1.83. The highest BCUT2D eigenvalue weighted by Crippen LogP contribution is 2.21. The fourth-order valence-corrected chi connectivity index (χ4v) is 2.66. The van der Waals surface area contributed by atoms with Crippen LogP contribution in [0.25, 0.3) is 0 Å². The fourth-order valence-electron chi connectivity index (χ4n) is 2.66. The molecule has 5 nitrogen and oxygen atoms in total. The van der Waals surface area contributed by atoms with E-state index in [1.165, 1.54) is 0 Å². The quantitative estimate of drug-likeness (QED) is 0.826. The van der Waals surface area contributed by atoms with Crippen LogP contribution < -0.4 is 5.56 Å². The first-order chi connectivity index (χ1) is 9.24. The third-order valence-electron chi connectivity index (χ3n) is 3.82. The lowest BCUT2D eigenvalue weighted by molar-refractivity contribution is 0.303. The van der Waals surface area contributed by atoms with Crippen molar-refractivity contribution in [2.24, 2.45) is 7.05 Å². The fraction of sp³-hybridized carbons (Fsp3) is 0.429. The minimum Gasteiger partial charge on any atom is -0.314 e. The van der Waals surface area contributed by atoms with Gasteiger partial charge in [0, 0.05) is 50.8 Å². The lowest BCUT2D eigenvalue weighted by Crippen LogP contribution is -2.26. The molecule has 1 atom stereocenters. The van der Waals surface area contributed by atoms with E-state index in [1.807, 2.05) is 42.3 Å². The summed E-state index contributed by atoms with van der Waals surface area (Å²) in [5, 5.41) is 4.31. The maximum absolute atomic E-state index is 11.6. The van der Waals surface area contributed by atoms with E-state index in [1.54, 1.807) is 10.6 Å². The molecule has 0 aliphatic carbocycles. The predicted molar refractivity (Wildman–Crippen MR) is 72.8 cm³/mol. The minimum atomic E-state index is 0.0559. The van der Waals surface area contributed by atoms with Gasteiger partial charge in [0.15, 0.2) is 0 Å². The third kappa shape index (κ3) is 2.46. The summed E-state index contributed by atoms with van der Waals surface area (Å²) < 4.78 is 3.76. The Kier molecular flexibility index (Phi) is 3.21. The molecule has 2 aromatic rings. The van der Waals surface area contributed by atoms with Crippen molar-refractivity contribution in [3.63, 3.8) is 0 Å². The van der Waals surface area contributed by atoms with Crippen LogP contribution in [0.2, 0.25) is 0 Å². The van der Waals surface area contributed by atoms with Gasteiger partial charge in [-0.05, 0) is 18.6 Å². The van der Waals surface area contributed by atoms with Crippen LogP contribution >= 0.6 is 0 Å². The first-order valence-electron chi connectivity index (χ1n) is 6.60. The highest BCUT2D eigenvalue weighted by molar-refractivity contribution is 5.06. The maximum Gasteiger partial charge on any atom is 0.250 e. The Balaban J connectivity index is 1.69. The zero-order chi connectivity index (χ0) is 13.2. The summed E-state index contributed by atoms with van der Waals surface area (Å²) in [5.41, 5.74) is 1.12. The van der Waals surface area contributed by atoms with Crippen molar-refractivity contribution in [1.82, 2.24) is 19.2 Å². The van der Waals surface area contributed by atoms with E-state index in [4.69, 9.17) is 0 Å². The summed E-state index contributed by atoms with van der Waals surface area (Å²) in [5.74, 6) is 0. The molecule has 0 spiro atoms. The smallest absolute Gasteiger partial charge is 0.250 e. The molecule has 100 valence electrons. The Morgan fingerprint density at radius 2 is 2.26 bits per heavy atom. The molecule has 0 saturated carbocycles. The van der Waals surface area contributed by atoms with Gasteiger partial charge in [-0.3, -0.25) is 14.4 Å². The lowest BCUT2D eigenvalue weighted by atomic mass is 10.3. The molecule has 0 aromatic carbocycles. The van der Waals surface area contributed by atoms with Gasteiger partial charge in [-0.2, -0.15) is 5.10 Å². The Bertz CT molecular complexity index is 602. The van der Waals surface area contributed by atoms with Crippen molar-refractivity contribution in [2.45, 2.75) is 19.0 Å². The molecular weight excluding hydrogens is 240 g/mol. The maximum atomic E-state index is 11.6. The first-order valence-corrected chi connectivity index (χ1v) is 6.60. The lowest BCUT2D eigenvalue weighted by Gasteiger charge is -2.17. The second-order valence-corrected chi connectivity index (χ2v) is 5.08. The Morgan fingerprint density at radius 1 is 1.37 bits per heavy atom. The Morgan fingerprint density at radius 3 is 3.05 bits per heavy atom. The number of hydrogen-bond donors (Lipinski definition) is 0. The average Bonchev–Trinajstić information content (AvgIpc) is 3.05. The molecule has 19 heavy (non-hydrogen) atoms. The molecule has 2 aromatic heterocycles. The second-order valence-electron chi connectivity index (χ2n) is 5.08. The molecular formula is C14H18N4O. The molecule has 1 fully saturated rings. The molecule has 1 unspecified atom stereocenters. The number of pyridine rings is 1. The zero-order valence-electron chi connectivity index (χ0n) is 11.1. The topological polar surface area (TPSA) is 43.1 Å². The van der Waals surface area contributed by atoms with E-state index in [2.05, 4.69) is 10.00 Å². The van der Waals surface area contributed by atoms with Crippen LogP contribution in [0.3, 0.4) is 0 Å². The monoisotopic (exact) mass is 258 g/mol. The predicted octanol–water partition coefficient (Wildman–Crippen LogP) is 1.03. The largest absolute Gasteiger partial charge is 0.314 e. The van der Waals surface area contributed by atoms with Crippen LogP contribution in [-0.4, -0.2) is 32.3 Å². The third-order valence-corrected chi connectivity index (χ3v) is 3.82.